The summed E-state index contributed by atoms with van der Waals surface area (Å²) in [4.78, 5) is 27.4. The first-order valence-electron chi connectivity index (χ1n) is 14.1. The molecule has 3 aromatic heterocycles. The fourth-order valence-electron chi connectivity index (χ4n) is 6.60. The molecule has 3 aliphatic rings. The molecule has 12 heteroatoms. The van der Waals surface area contributed by atoms with Crippen LogP contribution in [0.3, 0.4) is 0 Å². The average Bonchev–Trinajstić information content (AvgIpc) is 3.21. The highest BCUT2D eigenvalue weighted by Gasteiger charge is 2.65. The number of carbonyl (C=O) groups is 1. The molecule has 42 heavy (non-hydrogen) atoms. The van der Waals surface area contributed by atoms with Crippen molar-refractivity contribution in [3.05, 3.63) is 70.8 Å². The van der Waals surface area contributed by atoms with Gasteiger partial charge in [0.1, 0.15) is 18.2 Å². The number of ether oxygens (including phenoxy) is 2. The van der Waals surface area contributed by atoms with Crippen LogP contribution in [0.5, 0.6) is 5.88 Å². The highest BCUT2D eigenvalue weighted by Crippen LogP contribution is 2.63. The molecule has 11 nitrogen and oxygen atoms in total. The molecule has 4 aromatic rings. The van der Waals surface area contributed by atoms with E-state index in [1.165, 1.54) is 6.07 Å². The Morgan fingerprint density at radius 3 is 2.86 bits per heavy atom. The summed E-state index contributed by atoms with van der Waals surface area (Å²) in [6.07, 6.45) is 1.91. The van der Waals surface area contributed by atoms with E-state index in [9.17, 15) is 14.3 Å². The third-order valence-corrected chi connectivity index (χ3v) is 9.14. The van der Waals surface area contributed by atoms with Crippen molar-refractivity contribution in [2.24, 2.45) is 11.8 Å². The van der Waals surface area contributed by atoms with E-state index < -0.39 is 11.8 Å². The predicted molar refractivity (Wildman–Crippen MR) is 145 cm³/mol. The van der Waals surface area contributed by atoms with Gasteiger partial charge >= 0.3 is 11.9 Å². The van der Waals surface area contributed by atoms with Crippen LogP contribution in [0.15, 0.2) is 40.8 Å². The SMILES string of the molecule is C[C@H]1[C@H]2CN(Cc3nc4oc(C(=O)O)nc4n3C[C@@H]3CCO3)CC[C@]21c1cccc(OCc2ccc(C#N)cc2F)n1. The summed E-state index contributed by atoms with van der Waals surface area (Å²) in [6.45, 7) is 5.85. The van der Waals surface area contributed by atoms with Gasteiger partial charge in [-0.15, -0.1) is 0 Å². The van der Waals surface area contributed by atoms with Crippen molar-refractivity contribution in [1.29, 1.82) is 5.26 Å². The minimum atomic E-state index is -1.22. The zero-order chi connectivity index (χ0) is 29.0. The standard InChI is InChI=1S/C30H29FN6O5/c1-17-21-14-36(15-24-34-27-26(35-28(42-27)29(38)39)37(24)13-20-7-10-40-20)9-8-30(17,21)23-3-2-4-25(33-23)41-16-19-6-5-18(12-32)11-22(19)31/h2-6,11,17,20-21H,7-10,13-16H2,1H3,(H,38,39)/t17-,20-,21+,30+/m0/s1. The molecule has 2 aliphatic heterocycles. The van der Waals surface area contributed by atoms with Gasteiger partial charge in [-0.2, -0.15) is 15.2 Å². The number of benzene rings is 1. The number of aromatic nitrogens is 4. The van der Waals surface area contributed by atoms with Crippen LogP contribution in [0, 0.1) is 29.0 Å². The average molecular weight is 573 g/mol. The van der Waals surface area contributed by atoms with Crippen LogP contribution in [0.2, 0.25) is 0 Å². The Morgan fingerprint density at radius 1 is 1.29 bits per heavy atom. The molecule has 4 atom stereocenters. The Bertz CT molecular complexity index is 1720. The monoisotopic (exact) mass is 572 g/mol. The van der Waals surface area contributed by atoms with Gasteiger partial charge in [0.25, 0.3) is 5.71 Å². The van der Waals surface area contributed by atoms with Gasteiger partial charge in [0.05, 0.1) is 36.5 Å². The predicted octanol–water partition coefficient (Wildman–Crippen LogP) is 3.91. The van der Waals surface area contributed by atoms with Crippen molar-refractivity contribution in [2.75, 3.05) is 19.7 Å². The summed E-state index contributed by atoms with van der Waals surface area (Å²) >= 11 is 0. The van der Waals surface area contributed by atoms with Gasteiger partial charge in [0.15, 0.2) is 0 Å². The number of oxazole rings is 1. The maximum atomic E-state index is 14.3. The van der Waals surface area contributed by atoms with Crippen LogP contribution in [0.1, 0.15) is 53.1 Å². The number of nitriles is 1. The number of pyridine rings is 1. The van der Waals surface area contributed by atoms with Crippen LogP contribution < -0.4 is 4.74 Å². The van der Waals surface area contributed by atoms with Gasteiger partial charge in [-0.3, -0.25) is 4.90 Å². The van der Waals surface area contributed by atoms with E-state index >= 15 is 0 Å². The molecule has 1 aliphatic carbocycles. The molecule has 3 fully saturated rings. The van der Waals surface area contributed by atoms with Gasteiger partial charge in [-0.05, 0) is 49.4 Å². The number of rotatable bonds is 9. The molecule has 0 amide bonds. The highest BCUT2D eigenvalue weighted by atomic mass is 19.1. The van der Waals surface area contributed by atoms with Gasteiger partial charge in [-0.25, -0.2) is 14.2 Å². The highest BCUT2D eigenvalue weighted by molar-refractivity contribution is 5.85. The molecule has 7 rings (SSSR count). The second-order valence-corrected chi connectivity index (χ2v) is 11.4. The number of halogens is 1. The molecule has 0 spiro atoms. The Balaban J connectivity index is 1.05. The number of hydrogen-bond acceptors (Lipinski definition) is 9. The molecular formula is C30H29FN6O5. The molecule has 1 N–H and O–H groups in total. The molecule has 0 bridgehead atoms. The normalized spacial score (nSPS) is 25.0. The molecular weight excluding hydrogens is 543 g/mol. The maximum absolute atomic E-state index is 14.3. The Morgan fingerprint density at radius 2 is 2.14 bits per heavy atom. The summed E-state index contributed by atoms with van der Waals surface area (Å²) in [5.41, 5.74) is 2.25. The van der Waals surface area contributed by atoms with Gasteiger partial charge in [0.2, 0.25) is 11.5 Å². The number of aromatic carboxylic acids is 1. The zero-order valence-electron chi connectivity index (χ0n) is 23.0. The molecule has 0 radical (unpaired) electrons. The first-order chi connectivity index (χ1) is 20.4. The van der Waals surface area contributed by atoms with Crippen LogP contribution in [0.25, 0.3) is 11.4 Å². The van der Waals surface area contributed by atoms with E-state index in [1.54, 1.807) is 18.2 Å². The molecule has 5 heterocycles. The van der Waals surface area contributed by atoms with E-state index in [1.807, 2.05) is 22.8 Å². The zero-order valence-corrected chi connectivity index (χ0v) is 23.0. The Kier molecular flexibility index (Phi) is 6.44. The minimum Gasteiger partial charge on any atom is -0.474 e. The van der Waals surface area contributed by atoms with Crippen molar-refractivity contribution < 1.29 is 28.2 Å². The topological polar surface area (TPSA) is 140 Å². The third kappa shape index (κ3) is 4.49. The fourth-order valence-corrected chi connectivity index (χ4v) is 6.60. The molecule has 1 aromatic carbocycles. The largest absolute Gasteiger partial charge is 0.474 e. The van der Waals surface area contributed by atoms with Gasteiger partial charge in [0, 0.05) is 30.2 Å². The number of fused-ring (bicyclic) bond motifs is 2. The molecule has 0 unspecified atom stereocenters. The summed E-state index contributed by atoms with van der Waals surface area (Å²) in [5, 5.41) is 18.3. The van der Waals surface area contributed by atoms with Crippen molar-refractivity contribution in [3.63, 3.8) is 0 Å². The summed E-state index contributed by atoms with van der Waals surface area (Å²) in [7, 11) is 0. The number of hydrogen-bond donors (Lipinski definition) is 1. The second kappa shape index (κ2) is 10.2. The van der Waals surface area contributed by atoms with E-state index in [0.29, 0.717) is 42.0 Å². The van der Waals surface area contributed by atoms with Gasteiger partial charge < -0.3 is 23.6 Å². The number of nitrogens with zero attached hydrogens (tertiary/aromatic N) is 6. The number of carboxylic acids is 1. The fraction of sp³-hybridized carbons (Fsp3) is 0.433. The maximum Gasteiger partial charge on any atom is 0.392 e. The first-order valence-corrected chi connectivity index (χ1v) is 14.1. The van der Waals surface area contributed by atoms with Crippen molar-refractivity contribution in [1.82, 2.24) is 24.4 Å². The van der Waals surface area contributed by atoms with Crippen LogP contribution in [-0.2, 0) is 29.8 Å². The first kappa shape index (κ1) is 26.6. The summed E-state index contributed by atoms with van der Waals surface area (Å²) in [6, 6.07) is 12.0. The lowest BCUT2D eigenvalue weighted by molar-refractivity contribution is -0.0593. The number of carboxylic acid groups (broad SMARTS) is 1. The number of likely N-dealkylation sites (tertiary alicyclic amines) is 1. The quantitative estimate of drug-likeness (QED) is 0.314. The van der Waals surface area contributed by atoms with Gasteiger partial charge in [-0.1, -0.05) is 19.1 Å². The van der Waals surface area contributed by atoms with Crippen molar-refractivity contribution in [2.45, 2.75) is 51.0 Å². The Labute approximate surface area is 240 Å². The van der Waals surface area contributed by atoms with E-state index in [2.05, 4.69) is 21.8 Å². The lowest BCUT2D eigenvalue weighted by Gasteiger charge is -2.32. The van der Waals surface area contributed by atoms with Crippen molar-refractivity contribution in [3.8, 4) is 11.9 Å². The number of piperidine rings is 1. The van der Waals surface area contributed by atoms with Crippen LogP contribution in [-0.4, -0.2) is 61.3 Å². The molecule has 2 saturated heterocycles. The smallest absolute Gasteiger partial charge is 0.392 e. The van der Waals surface area contributed by atoms with Crippen LogP contribution in [0.4, 0.5) is 4.39 Å². The van der Waals surface area contributed by atoms with E-state index in [-0.39, 0.29) is 35.3 Å². The third-order valence-electron chi connectivity index (χ3n) is 9.14. The van der Waals surface area contributed by atoms with E-state index in [0.717, 1.165) is 44.1 Å². The summed E-state index contributed by atoms with van der Waals surface area (Å²) in [5.74, 6) is 0.00975. The minimum absolute atomic E-state index is 0.0258. The lowest BCUT2D eigenvalue weighted by atomic mass is 9.90. The number of imidazole rings is 1. The lowest BCUT2D eigenvalue weighted by Crippen LogP contribution is -2.37. The summed E-state index contributed by atoms with van der Waals surface area (Å²) < 4.78 is 33.2. The molecule has 1 saturated carbocycles. The molecule has 216 valence electrons. The Hall–Kier alpha value is -4.34. The van der Waals surface area contributed by atoms with Crippen molar-refractivity contribution >= 4 is 17.3 Å². The van der Waals surface area contributed by atoms with Crippen LogP contribution >= 0.6 is 0 Å². The second-order valence-electron chi connectivity index (χ2n) is 11.4. The van der Waals surface area contributed by atoms with E-state index in [4.69, 9.17) is 24.1 Å².